The molecule has 140 valence electrons. The van der Waals surface area contributed by atoms with Gasteiger partial charge in [0.05, 0.1) is 23.6 Å². The Morgan fingerprint density at radius 1 is 1.11 bits per heavy atom. The van der Waals surface area contributed by atoms with Gasteiger partial charge in [-0.15, -0.1) is 5.10 Å². The molecule has 0 aliphatic carbocycles. The number of hydrogen-bond donors (Lipinski definition) is 1. The standard InChI is InChI=1S/C19H12F2N4O3/c20-15-7-13-17(8-16(15)21)25(10-14(18(13)26)19(27)28)12-3-1-11(2-4-12)9-24-6-5-22-23-24/h1-8,10H,9H2,(H,27,28). The van der Waals surface area contributed by atoms with Crippen molar-refractivity contribution in [2.45, 2.75) is 6.54 Å². The lowest BCUT2D eigenvalue weighted by Gasteiger charge is -2.13. The van der Waals surface area contributed by atoms with Gasteiger partial charge >= 0.3 is 5.97 Å². The third-order valence-electron chi connectivity index (χ3n) is 4.31. The van der Waals surface area contributed by atoms with E-state index in [1.54, 1.807) is 41.3 Å². The van der Waals surface area contributed by atoms with E-state index < -0.39 is 28.6 Å². The average molecular weight is 382 g/mol. The van der Waals surface area contributed by atoms with Gasteiger partial charge in [0.1, 0.15) is 5.56 Å². The van der Waals surface area contributed by atoms with Crippen molar-refractivity contribution in [2.24, 2.45) is 0 Å². The van der Waals surface area contributed by atoms with E-state index in [0.29, 0.717) is 12.2 Å². The molecule has 7 nitrogen and oxygen atoms in total. The van der Waals surface area contributed by atoms with Crippen LogP contribution in [-0.2, 0) is 6.54 Å². The fourth-order valence-electron chi connectivity index (χ4n) is 2.95. The SMILES string of the molecule is O=C(O)c1cn(-c2ccc(Cn3ccnn3)cc2)c2cc(F)c(F)cc2c1=O. The van der Waals surface area contributed by atoms with Crippen molar-refractivity contribution in [3.63, 3.8) is 0 Å². The molecule has 9 heteroatoms. The van der Waals surface area contributed by atoms with E-state index in [2.05, 4.69) is 10.3 Å². The number of carboxylic acids is 1. The van der Waals surface area contributed by atoms with E-state index in [1.807, 2.05) is 0 Å². The minimum Gasteiger partial charge on any atom is -0.477 e. The second-order valence-electron chi connectivity index (χ2n) is 6.10. The molecule has 0 aliphatic rings. The molecule has 28 heavy (non-hydrogen) atoms. The maximum atomic E-state index is 13.8. The van der Waals surface area contributed by atoms with Crippen molar-refractivity contribution in [1.29, 1.82) is 0 Å². The van der Waals surface area contributed by atoms with Crippen LogP contribution >= 0.6 is 0 Å². The molecule has 2 heterocycles. The van der Waals surface area contributed by atoms with E-state index in [0.717, 1.165) is 23.9 Å². The molecule has 2 aromatic heterocycles. The number of aromatic nitrogens is 4. The van der Waals surface area contributed by atoms with Crippen LogP contribution in [0.15, 0.2) is 59.8 Å². The van der Waals surface area contributed by atoms with Crippen LogP contribution in [0, 0.1) is 11.6 Å². The van der Waals surface area contributed by atoms with E-state index in [4.69, 9.17) is 0 Å². The average Bonchev–Trinajstić information content (AvgIpc) is 3.17. The number of hydrogen-bond acceptors (Lipinski definition) is 4. The van der Waals surface area contributed by atoms with Gasteiger partial charge in [0, 0.05) is 24.1 Å². The first-order valence-electron chi connectivity index (χ1n) is 8.15. The van der Waals surface area contributed by atoms with Crippen LogP contribution in [0.2, 0.25) is 0 Å². The lowest BCUT2D eigenvalue weighted by atomic mass is 10.1. The van der Waals surface area contributed by atoms with Crippen molar-refractivity contribution in [3.8, 4) is 5.69 Å². The van der Waals surface area contributed by atoms with Gasteiger partial charge in [-0.3, -0.25) is 4.79 Å². The highest BCUT2D eigenvalue weighted by atomic mass is 19.2. The van der Waals surface area contributed by atoms with Crippen LogP contribution < -0.4 is 5.43 Å². The van der Waals surface area contributed by atoms with Crippen molar-refractivity contribution in [2.75, 3.05) is 0 Å². The molecule has 0 radical (unpaired) electrons. The minimum absolute atomic E-state index is 0.0675. The second kappa shape index (κ2) is 6.69. The summed E-state index contributed by atoms with van der Waals surface area (Å²) in [6.45, 7) is 0.478. The number of carboxylic acid groups (broad SMARTS) is 1. The Morgan fingerprint density at radius 3 is 2.46 bits per heavy atom. The summed E-state index contributed by atoms with van der Waals surface area (Å²) < 4.78 is 30.4. The molecular formula is C19H12F2N4O3. The van der Waals surface area contributed by atoms with Gasteiger partial charge in [-0.25, -0.2) is 18.3 Å². The monoisotopic (exact) mass is 382 g/mol. The molecule has 2 aromatic carbocycles. The van der Waals surface area contributed by atoms with Gasteiger partial charge in [-0.2, -0.15) is 0 Å². The zero-order valence-electron chi connectivity index (χ0n) is 14.2. The summed E-state index contributed by atoms with van der Waals surface area (Å²) in [5, 5.41) is 16.7. The smallest absolute Gasteiger partial charge is 0.341 e. The lowest BCUT2D eigenvalue weighted by molar-refractivity contribution is 0.0695. The highest BCUT2D eigenvalue weighted by Crippen LogP contribution is 2.21. The van der Waals surface area contributed by atoms with E-state index in [1.165, 1.54) is 4.57 Å². The molecule has 1 N–H and O–H groups in total. The van der Waals surface area contributed by atoms with Gasteiger partial charge in [0.2, 0.25) is 5.43 Å². The lowest BCUT2D eigenvalue weighted by Crippen LogP contribution is -2.18. The van der Waals surface area contributed by atoms with E-state index in [-0.39, 0.29) is 10.9 Å². The Hall–Kier alpha value is -3.88. The number of aromatic carboxylic acids is 1. The molecule has 0 fully saturated rings. The minimum atomic E-state index is -1.45. The molecule has 0 unspecified atom stereocenters. The third-order valence-corrected chi connectivity index (χ3v) is 4.31. The molecule has 0 spiro atoms. The Labute approximate surface area is 156 Å². The quantitative estimate of drug-likeness (QED) is 0.586. The summed E-state index contributed by atoms with van der Waals surface area (Å²) >= 11 is 0. The number of halogens is 2. The first-order chi connectivity index (χ1) is 13.4. The van der Waals surface area contributed by atoms with Crippen LogP contribution in [0.4, 0.5) is 8.78 Å². The number of fused-ring (bicyclic) bond motifs is 1. The van der Waals surface area contributed by atoms with Gasteiger partial charge in [-0.1, -0.05) is 17.3 Å². The van der Waals surface area contributed by atoms with Gasteiger partial charge in [-0.05, 0) is 23.8 Å². The van der Waals surface area contributed by atoms with Gasteiger partial charge in [0.25, 0.3) is 0 Å². The summed E-state index contributed by atoms with van der Waals surface area (Å²) in [4.78, 5) is 23.8. The zero-order valence-corrected chi connectivity index (χ0v) is 14.2. The molecule has 0 amide bonds. The Morgan fingerprint density at radius 2 is 1.82 bits per heavy atom. The van der Waals surface area contributed by atoms with Crippen LogP contribution in [0.5, 0.6) is 0 Å². The topological polar surface area (TPSA) is 90.0 Å². The predicted octanol–water partition coefficient (Wildman–Crippen LogP) is 2.61. The zero-order chi connectivity index (χ0) is 19.8. The number of pyridine rings is 1. The van der Waals surface area contributed by atoms with Crippen LogP contribution in [0.3, 0.4) is 0 Å². The second-order valence-corrected chi connectivity index (χ2v) is 6.10. The fraction of sp³-hybridized carbons (Fsp3) is 0.0526. The molecule has 0 bridgehead atoms. The van der Waals surface area contributed by atoms with E-state index in [9.17, 15) is 23.5 Å². The Bertz CT molecular complexity index is 1250. The van der Waals surface area contributed by atoms with Gasteiger partial charge in [0.15, 0.2) is 11.6 Å². The number of rotatable bonds is 4. The van der Waals surface area contributed by atoms with Crippen molar-refractivity contribution < 1.29 is 18.7 Å². The van der Waals surface area contributed by atoms with Gasteiger partial charge < -0.3 is 9.67 Å². The fourth-order valence-corrected chi connectivity index (χ4v) is 2.95. The van der Waals surface area contributed by atoms with Crippen LogP contribution in [-0.4, -0.2) is 30.6 Å². The molecule has 4 rings (SSSR count). The summed E-state index contributed by atoms with van der Waals surface area (Å²) in [6, 6.07) is 8.52. The highest BCUT2D eigenvalue weighted by Gasteiger charge is 2.17. The summed E-state index contributed by atoms with van der Waals surface area (Å²) in [5.74, 6) is -3.80. The maximum Gasteiger partial charge on any atom is 0.341 e. The van der Waals surface area contributed by atoms with Crippen molar-refractivity contribution in [3.05, 3.63) is 88.0 Å². The molecule has 0 saturated heterocycles. The molecule has 0 atom stereocenters. The van der Waals surface area contributed by atoms with Crippen molar-refractivity contribution in [1.82, 2.24) is 19.6 Å². The van der Waals surface area contributed by atoms with Crippen LogP contribution in [0.25, 0.3) is 16.6 Å². The normalized spacial score (nSPS) is 11.1. The number of nitrogens with zero attached hydrogens (tertiary/aromatic N) is 4. The Balaban J connectivity index is 1.87. The largest absolute Gasteiger partial charge is 0.477 e. The molecular weight excluding hydrogens is 370 g/mol. The Kier molecular flexibility index (Phi) is 4.19. The first-order valence-corrected chi connectivity index (χ1v) is 8.15. The van der Waals surface area contributed by atoms with Crippen LogP contribution in [0.1, 0.15) is 15.9 Å². The summed E-state index contributed by atoms with van der Waals surface area (Å²) in [6.07, 6.45) is 4.37. The highest BCUT2D eigenvalue weighted by molar-refractivity contribution is 5.93. The maximum absolute atomic E-state index is 13.8. The summed E-state index contributed by atoms with van der Waals surface area (Å²) in [5.41, 5.74) is 0.0414. The number of carbonyl (C=O) groups is 1. The predicted molar refractivity (Wildman–Crippen MR) is 95.5 cm³/mol. The third kappa shape index (κ3) is 3.02. The summed E-state index contributed by atoms with van der Waals surface area (Å²) in [7, 11) is 0. The number of benzene rings is 2. The van der Waals surface area contributed by atoms with Crippen molar-refractivity contribution >= 4 is 16.9 Å². The first kappa shape index (κ1) is 17.5. The molecule has 0 saturated carbocycles. The van der Waals surface area contributed by atoms with E-state index >= 15 is 0 Å². The molecule has 0 aliphatic heterocycles. The molecule has 4 aromatic rings.